The summed E-state index contributed by atoms with van der Waals surface area (Å²) in [6.45, 7) is 1.71. The summed E-state index contributed by atoms with van der Waals surface area (Å²) in [5.74, 6) is -2.54. The third-order valence-electron chi connectivity index (χ3n) is 3.91. The molecule has 0 aliphatic heterocycles. The van der Waals surface area contributed by atoms with Gasteiger partial charge in [0.25, 0.3) is 5.91 Å². The Hall–Kier alpha value is -3.05. The molecule has 2 aromatic heterocycles. The Morgan fingerprint density at radius 3 is 2.69 bits per heavy atom. The fourth-order valence-corrected chi connectivity index (χ4v) is 3.41. The summed E-state index contributed by atoms with van der Waals surface area (Å²) >= 11 is 1.08. The maximum atomic E-state index is 12.7. The van der Waals surface area contributed by atoms with Crippen molar-refractivity contribution in [1.82, 2.24) is 4.98 Å². The lowest BCUT2D eigenvalue weighted by Crippen LogP contribution is -2.28. The quantitative estimate of drug-likeness (QED) is 0.601. The predicted octanol–water partition coefficient (Wildman–Crippen LogP) is 2.76. The molecule has 0 bridgehead atoms. The van der Waals surface area contributed by atoms with Gasteiger partial charge in [-0.05, 0) is 43.5 Å². The van der Waals surface area contributed by atoms with Crippen molar-refractivity contribution < 1.29 is 14.4 Å². The molecule has 132 valence electrons. The Morgan fingerprint density at radius 1 is 1.31 bits per heavy atom. The Morgan fingerprint density at radius 2 is 2.08 bits per heavy atom. The Balaban J connectivity index is 1.73. The van der Waals surface area contributed by atoms with Gasteiger partial charge in [0.15, 0.2) is 11.7 Å². The summed E-state index contributed by atoms with van der Waals surface area (Å²) in [5, 5.41) is 15.1. The van der Waals surface area contributed by atoms with E-state index in [1.165, 1.54) is 6.20 Å². The third-order valence-corrected chi connectivity index (χ3v) is 5.07. The number of nitrogens with zero attached hydrogens (tertiary/aromatic N) is 2. The highest BCUT2D eigenvalue weighted by molar-refractivity contribution is 7.18. The molecule has 1 atom stereocenters. The molecule has 0 aromatic carbocycles. The van der Waals surface area contributed by atoms with E-state index < -0.39 is 17.6 Å². The number of rotatable bonds is 6. The van der Waals surface area contributed by atoms with Crippen LogP contribution in [0.2, 0.25) is 0 Å². The van der Waals surface area contributed by atoms with E-state index in [9.17, 15) is 19.6 Å². The molecule has 26 heavy (non-hydrogen) atoms. The average molecular weight is 368 g/mol. The number of hydrogen-bond donors (Lipinski definition) is 2. The van der Waals surface area contributed by atoms with Gasteiger partial charge < -0.3 is 10.6 Å². The summed E-state index contributed by atoms with van der Waals surface area (Å²) in [5.41, 5.74) is 0.622. The molecule has 1 saturated carbocycles. The molecule has 2 aromatic rings. The van der Waals surface area contributed by atoms with E-state index in [-0.39, 0.29) is 17.6 Å². The first-order chi connectivity index (χ1) is 12.5. The van der Waals surface area contributed by atoms with Crippen molar-refractivity contribution in [2.75, 3.05) is 10.6 Å². The first-order valence-electron chi connectivity index (χ1n) is 8.06. The zero-order valence-corrected chi connectivity index (χ0v) is 14.8. The first-order valence-corrected chi connectivity index (χ1v) is 8.88. The summed E-state index contributed by atoms with van der Waals surface area (Å²) in [6, 6.07) is 8.38. The Bertz CT molecular complexity index is 897. The van der Waals surface area contributed by atoms with Gasteiger partial charge in [0, 0.05) is 12.1 Å². The normalized spacial score (nSPS) is 14.2. The van der Waals surface area contributed by atoms with E-state index in [1.54, 1.807) is 37.3 Å². The van der Waals surface area contributed by atoms with E-state index in [4.69, 9.17) is 0 Å². The number of hydrogen-bond acceptors (Lipinski definition) is 6. The molecule has 1 unspecified atom stereocenters. The van der Waals surface area contributed by atoms with Crippen molar-refractivity contribution >= 4 is 39.8 Å². The van der Waals surface area contributed by atoms with Crippen LogP contribution >= 0.6 is 11.3 Å². The molecule has 0 radical (unpaired) electrons. The molecule has 1 fully saturated rings. The topological polar surface area (TPSA) is 112 Å². The minimum Gasteiger partial charge on any atom is -0.317 e. The zero-order valence-electron chi connectivity index (χ0n) is 14.0. The van der Waals surface area contributed by atoms with Crippen LogP contribution in [-0.4, -0.2) is 22.6 Å². The molecule has 2 amide bonds. The van der Waals surface area contributed by atoms with Gasteiger partial charge in [0.2, 0.25) is 5.91 Å². The lowest BCUT2D eigenvalue weighted by molar-refractivity contribution is -0.118. The van der Waals surface area contributed by atoms with Crippen LogP contribution in [0.4, 0.5) is 10.8 Å². The van der Waals surface area contributed by atoms with Crippen LogP contribution in [0, 0.1) is 30.1 Å². The maximum absolute atomic E-state index is 12.7. The molecular weight excluding hydrogens is 352 g/mol. The van der Waals surface area contributed by atoms with Gasteiger partial charge in [0.1, 0.15) is 5.82 Å². The van der Waals surface area contributed by atoms with E-state index in [1.807, 2.05) is 0 Å². The van der Waals surface area contributed by atoms with Crippen LogP contribution < -0.4 is 10.6 Å². The second-order valence-electron chi connectivity index (χ2n) is 6.02. The lowest BCUT2D eigenvalue weighted by Gasteiger charge is -2.08. The van der Waals surface area contributed by atoms with Gasteiger partial charge in [-0.15, -0.1) is 11.3 Å². The first kappa shape index (κ1) is 17.8. The highest BCUT2D eigenvalue weighted by atomic mass is 32.1. The number of thiophene rings is 1. The number of nitriles is 1. The molecule has 1 aliphatic rings. The molecule has 3 rings (SSSR count). The van der Waals surface area contributed by atoms with Gasteiger partial charge >= 0.3 is 0 Å². The maximum Gasteiger partial charge on any atom is 0.250 e. The smallest absolute Gasteiger partial charge is 0.250 e. The number of carbonyl (C=O) groups excluding carboxylic acids is 3. The van der Waals surface area contributed by atoms with Crippen LogP contribution in [0.25, 0.3) is 0 Å². The van der Waals surface area contributed by atoms with Crippen molar-refractivity contribution in [2.45, 2.75) is 19.8 Å². The van der Waals surface area contributed by atoms with Crippen LogP contribution in [0.3, 0.4) is 0 Å². The number of Topliss-reactive ketones (excluding diaryl/α,β-unsaturated/α-hetero) is 1. The number of anilines is 2. The van der Waals surface area contributed by atoms with E-state index in [0.29, 0.717) is 15.4 Å². The van der Waals surface area contributed by atoms with E-state index >= 15 is 0 Å². The summed E-state index contributed by atoms with van der Waals surface area (Å²) in [4.78, 5) is 41.1. The number of ketones is 1. The summed E-state index contributed by atoms with van der Waals surface area (Å²) < 4.78 is 0. The number of nitrogens with one attached hydrogen (secondary N) is 2. The van der Waals surface area contributed by atoms with E-state index in [2.05, 4.69) is 15.6 Å². The fraction of sp³-hybridized carbons (Fsp3) is 0.278. The van der Waals surface area contributed by atoms with Crippen LogP contribution in [0.5, 0.6) is 0 Å². The van der Waals surface area contributed by atoms with Gasteiger partial charge in [-0.1, -0.05) is 6.07 Å². The SMILES string of the molecule is Cc1cc(NC(=O)C2CC2)sc1C(=O)C(C#N)C(=O)Nc1ccccn1. The minimum absolute atomic E-state index is 0.0487. The fourth-order valence-electron chi connectivity index (χ4n) is 2.36. The van der Waals surface area contributed by atoms with Crippen LogP contribution in [-0.2, 0) is 9.59 Å². The third kappa shape index (κ3) is 3.95. The summed E-state index contributed by atoms with van der Waals surface area (Å²) in [7, 11) is 0. The molecular formula is C18H16N4O3S. The van der Waals surface area contributed by atoms with Crippen molar-refractivity contribution in [3.05, 3.63) is 40.9 Å². The molecule has 2 N–H and O–H groups in total. The molecule has 0 spiro atoms. The van der Waals surface area contributed by atoms with Crippen molar-refractivity contribution in [3.8, 4) is 6.07 Å². The van der Waals surface area contributed by atoms with Crippen molar-refractivity contribution in [1.29, 1.82) is 5.26 Å². The number of amides is 2. The minimum atomic E-state index is -1.48. The Labute approximate surface area is 154 Å². The summed E-state index contributed by atoms with van der Waals surface area (Å²) in [6.07, 6.45) is 3.26. The molecule has 0 saturated heterocycles. The van der Waals surface area contributed by atoms with Gasteiger partial charge in [-0.3, -0.25) is 14.4 Å². The van der Waals surface area contributed by atoms with E-state index in [0.717, 1.165) is 24.2 Å². The van der Waals surface area contributed by atoms with Crippen molar-refractivity contribution in [2.24, 2.45) is 11.8 Å². The second-order valence-corrected chi connectivity index (χ2v) is 7.07. The monoisotopic (exact) mass is 368 g/mol. The number of pyridine rings is 1. The molecule has 1 aliphatic carbocycles. The van der Waals surface area contributed by atoms with Crippen LogP contribution in [0.1, 0.15) is 28.1 Å². The average Bonchev–Trinajstić information content (AvgIpc) is 3.40. The largest absolute Gasteiger partial charge is 0.317 e. The van der Waals surface area contributed by atoms with Crippen LogP contribution in [0.15, 0.2) is 30.5 Å². The number of aryl methyl sites for hydroxylation is 1. The number of carbonyl (C=O) groups is 3. The van der Waals surface area contributed by atoms with Crippen molar-refractivity contribution in [3.63, 3.8) is 0 Å². The Kier molecular flexibility index (Phi) is 5.09. The lowest BCUT2D eigenvalue weighted by atomic mass is 10.0. The molecule has 2 heterocycles. The standard InChI is InChI=1S/C18H16N4O3S/c1-10-8-14(22-17(24)11-5-6-11)26-16(10)15(23)12(9-19)18(25)21-13-4-2-3-7-20-13/h2-4,7-8,11-12H,5-6H2,1H3,(H,22,24)(H,20,21,25). The second kappa shape index (κ2) is 7.45. The molecule has 8 heteroatoms. The highest BCUT2D eigenvalue weighted by Gasteiger charge is 2.32. The van der Waals surface area contributed by atoms with Gasteiger partial charge in [0.05, 0.1) is 15.9 Å². The van der Waals surface area contributed by atoms with Gasteiger partial charge in [-0.2, -0.15) is 5.26 Å². The number of aromatic nitrogens is 1. The predicted molar refractivity (Wildman–Crippen MR) is 96.7 cm³/mol. The zero-order chi connectivity index (χ0) is 18.7. The molecule has 7 nitrogen and oxygen atoms in total. The highest BCUT2D eigenvalue weighted by Crippen LogP contribution is 2.33. The van der Waals surface area contributed by atoms with Gasteiger partial charge in [-0.25, -0.2) is 4.98 Å².